The SMILES string of the molecule is Cc1ccc(-c2cc3n(nc2C)c2ccccc2[n+]3C)cc1. The molecule has 0 radical (unpaired) electrons. The Bertz CT molecular complexity index is 995. The molecular weight excluding hydrogens is 270 g/mol. The molecule has 22 heavy (non-hydrogen) atoms. The summed E-state index contributed by atoms with van der Waals surface area (Å²) in [5, 5.41) is 4.82. The molecule has 4 rings (SSSR count). The van der Waals surface area contributed by atoms with Crippen molar-refractivity contribution in [2.75, 3.05) is 0 Å². The fraction of sp³-hybridized carbons (Fsp3) is 0.158. The van der Waals surface area contributed by atoms with Crippen molar-refractivity contribution in [2.45, 2.75) is 13.8 Å². The molecule has 0 saturated heterocycles. The van der Waals surface area contributed by atoms with Crippen molar-refractivity contribution in [3.63, 3.8) is 0 Å². The van der Waals surface area contributed by atoms with Crippen LogP contribution >= 0.6 is 0 Å². The smallest absolute Gasteiger partial charge is 0.224 e. The van der Waals surface area contributed by atoms with Gasteiger partial charge in [-0.25, -0.2) is 4.57 Å². The van der Waals surface area contributed by atoms with E-state index in [0.717, 1.165) is 16.9 Å². The highest BCUT2D eigenvalue weighted by Crippen LogP contribution is 2.25. The molecule has 2 heterocycles. The van der Waals surface area contributed by atoms with E-state index in [4.69, 9.17) is 5.10 Å². The van der Waals surface area contributed by atoms with E-state index in [9.17, 15) is 0 Å². The monoisotopic (exact) mass is 288 g/mol. The van der Waals surface area contributed by atoms with Crippen LogP contribution in [0.1, 0.15) is 11.3 Å². The molecule has 3 heteroatoms. The number of imidazole rings is 1. The highest BCUT2D eigenvalue weighted by Gasteiger charge is 2.19. The Morgan fingerprint density at radius 3 is 2.45 bits per heavy atom. The van der Waals surface area contributed by atoms with Crippen LogP contribution < -0.4 is 4.57 Å². The fourth-order valence-electron chi connectivity index (χ4n) is 3.04. The zero-order valence-corrected chi connectivity index (χ0v) is 13.0. The summed E-state index contributed by atoms with van der Waals surface area (Å²) < 4.78 is 4.22. The Balaban J connectivity index is 2.06. The molecule has 0 spiro atoms. The molecule has 0 N–H and O–H groups in total. The number of nitrogens with zero attached hydrogens (tertiary/aromatic N) is 3. The molecule has 0 aliphatic heterocycles. The first-order valence-corrected chi connectivity index (χ1v) is 7.49. The van der Waals surface area contributed by atoms with E-state index in [1.165, 1.54) is 22.2 Å². The third-order valence-electron chi connectivity index (χ3n) is 4.31. The van der Waals surface area contributed by atoms with E-state index in [1.807, 2.05) is 4.52 Å². The molecular formula is C19H18N3+. The van der Waals surface area contributed by atoms with Crippen molar-refractivity contribution in [1.29, 1.82) is 0 Å². The first-order valence-electron chi connectivity index (χ1n) is 7.49. The Morgan fingerprint density at radius 2 is 1.68 bits per heavy atom. The van der Waals surface area contributed by atoms with Gasteiger partial charge in [-0.15, -0.1) is 0 Å². The lowest BCUT2D eigenvalue weighted by Gasteiger charge is -2.04. The minimum absolute atomic E-state index is 1.04. The second-order valence-corrected chi connectivity index (χ2v) is 5.83. The number of aryl methyl sites for hydroxylation is 3. The maximum Gasteiger partial charge on any atom is 0.308 e. The van der Waals surface area contributed by atoms with Gasteiger partial charge in [0.15, 0.2) is 5.52 Å². The molecule has 3 nitrogen and oxygen atoms in total. The lowest BCUT2D eigenvalue weighted by atomic mass is 10.0. The molecule has 0 aliphatic carbocycles. The summed E-state index contributed by atoms with van der Waals surface area (Å²) in [6.07, 6.45) is 0. The van der Waals surface area contributed by atoms with Gasteiger partial charge in [-0.3, -0.25) is 0 Å². The minimum Gasteiger partial charge on any atom is -0.224 e. The van der Waals surface area contributed by atoms with Crippen molar-refractivity contribution in [1.82, 2.24) is 9.61 Å². The van der Waals surface area contributed by atoms with Crippen LogP contribution in [0.4, 0.5) is 0 Å². The number of hydrogen-bond acceptors (Lipinski definition) is 1. The molecule has 108 valence electrons. The molecule has 0 atom stereocenters. The molecule has 0 unspecified atom stereocenters. The summed E-state index contributed by atoms with van der Waals surface area (Å²) in [5.41, 5.74) is 8.14. The predicted molar refractivity (Wildman–Crippen MR) is 88.8 cm³/mol. The molecule has 0 fully saturated rings. The maximum atomic E-state index is 4.82. The van der Waals surface area contributed by atoms with Gasteiger partial charge in [0.1, 0.15) is 0 Å². The second kappa shape index (κ2) is 4.67. The third-order valence-corrected chi connectivity index (χ3v) is 4.31. The normalized spacial score (nSPS) is 11.4. The summed E-state index contributed by atoms with van der Waals surface area (Å²) in [6.45, 7) is 4.18. The number of para-hydroxylation sites is 2. The van der Waals surface area contributed by atoms with Gasteiger partial charge >= 0.3 is 5.65 Å². The average Bonchev–Trinajstić information content (AvgIpc) is 2.81. The van der Waals surface area contributed by atoms with Gasteiger partial charge < -0.3 is 0 Å². The van der Waals surface area contributed by atoms with E-state index in [2.05, 4.69) is 80.1 Å². The van der Waals surface area contributed by atoms with E-state index in [1.54, 1.807) is 0 Å². The van der Waals surface area contributed by atoms with Crippen molar-refractivity contribution in [2.24, 2.45) is 7.05 Å². The number of hydrogen-bond donors (Lipinski definition) is 0. The van der Waals surface area contributed by atoms with Gasteiger partial charge in [0, 0.05) is 11.6 Å². The van der Waals surface area contributed by atoms with Gasteiger partial charge in [-0.05, 0) is 31.5 Å². The average molecular weight is 288 g/mol. The van der Waals surface area contributed by atoms with Crippen LogP contribution in [-0.2, 0) is 7.05 Å². The van der Waals surface area contributed by atoms with Crippen LogP contribution in [-0.4, -0.2) is 9.61 Å². The first kappa shape index (κ1) is 13.0. The lowest BCUT2D eigenvalue weighted by molar-refractivity contribution is -0.618. The second-order valence-electron chi connectivity index (χ2n) is 5.83. The standard InChI is InChI=1S/C19H18N3/c1-13-8-10-15(11-9-13)16-12-19-21(3)17-6-4-5-7-18(17)22(19)20-14(16)2/h4-12H,1-3H3/q+1. The summed E-state index contributed by atoms with van der Waals surface area (Å²) >= 11 is 0. The van der Waals surface area contributed by atoms with Crippen LogP contribution in [0.5, 0.6) is 0 Å². The zero-order valence-electron chi connectivity index (χ0n) is 13.0. The van der Waals surface area contributed by atoms with Gasteiger partial charge in [0.25, 0.3) is 0 Å². The summed E-state index contributed by atoms with van der Waals surface area (Å²) in [5.74, 6) is 0. The highest BCUT2D eigenvalue weighted by atomic mass is 15.3. The van der Waals surface area contributed by atoms with E-state index in [-0.39, 0.29) is 0 Å². The topological polar surface area (TPSA) is 21.2 Å². The number of fused-ring (bicyclic) bond motifs is 3. The number of benzene rings is 2. The van der Waals surface area contributed by atoms with E-state index < -0.39 is 0 Å². The molecule has 2 aromatic heterocycles. The van der Waals surface area contributed by atoms with Crippen molar-refractivity contribution in [3.8, 4) is 11.1 Å². The molecule has 0 bridgehead atoms. The lowest BCUT2D eigenvalue weighted by Crippen LogP contribution is -2.27. The van der Waals surface area contributed by atoms with Gasteiger partial charge in [0.2, 0.25) is 5.52 Å². The van der Waals surface area contributed by atoms with Gasteiger partial charge in [-0.2, -0.15) is 0 Å². The third kappa shape index (κ3) is 1.82. The largest absolute Gasteiger partial charge is 0.308 e. The Kier molecular flexibility index (Phi) is 2.76. The van der Waals surface area contributed by atoms with Crippen LogP contribution in [0.15, 0.2) is 54.6 Å². The maximum absolute atomic E-state index is 4.82. The predicted octanol–water partition coefficient (Wildman–Crippen LogP) is 3.60. The zero-order chi connectivity index (χ0) is 15.3. The molecule has 4 aromatic rings. The van der Waals surface area contributed by atoms with Crippen LogP contribution in [0.25, 0.3) is 27.8 Å². The van der Waals surface area contributed by atoms with E-state index in [0.29, 0.717) is 0 Å². The van der Waals surface area contributed by atoms with Gasteiger partial charge in [-0.1, -0.05) is 51.6 Å². The quantitative estimate of drug-likeness (QED) is 0.490. The van der Waals surface area contributed by atoms with Gasteiger partial charge in [0.05, 0.1) is 12.7 Å². The highest BCUT2D eigenvalue weighted by molar-refractivity contribution is 5.77. The van der Waals surface area contributed by atoms with Crippen molar-refractivity contribution >= 4 is 16.7 Å². The van der Waals surface area contributed by atoms with Crippen LogP contribution in [0, 0.1) is 13.8 Å². The Hall–Kier alpha value is -2.68. The van der Waals surface area contributed by atoms with Crippen molar-refractivity contribution < 1.29 is 4.57 Å². The number of aromatic nitrogens is 3. The summed E-state index contributed by atoms with van der Waals surface area (Å²) in [4.78, 5) is 0. The minimum atomic E-state index is 1.04. The van der Waals surface area contributed by atoms with E-state index >= 15 is 0 Å². The first-order chi connectivity index (χ1) is 10.6. The van der Waals surface area contributed by atoms with Crippen LogP contribution in [0.3, 0.4) is 0 Å². The Morgan fingerprint density at radius 1 is 0.955 bits per heavy atom. The number of rotatable bonds is 1. The summed E-state index contributed by atoms with van der Waals surface area (Å²) in [6, 6.07) is 19.2. The Labute approximate surface area is 129 Å². The molecule has 0 aliphatic rings. The molecule has 0 amide bonds. The summed E-state index contributed by atoms with van der Waals surface area (Å²) in [7, 11) is 2.09. The molecule has 2 aromatic carbocycles. The van der Waals surface area contributed by atoms with Crippen molar-refractivity contribution in [3.05, 3.63) is 65.9 Å². The fourth-order valence-corrected chi connectivity index (χ4v) is 3.04. The van der Waals surface area contributed by atoms with Crippen LogP contribution in [0.2, 0.25) is 0 Å². The molecule has 0 saturated carbocycles.